The number of nitrogen functional groups attached to an aromatic ring is 1. The first-order valence-electron chi connectivity index (χ1n) is 6.09. The number of carbonyl (C=O) groups is 1. The number of thiophene rings is 1. The summed E-state index contributed by atoms with van der Waals surface area (Å²) in [6.07, 6.45) is 0. The van der Waals surface area contributed by atoms with Crippen molar-refractivity contribution in [2.24, 2.45) is 0 Å². The molecule has 3 N–H and O–H groups in total. The van der Waals surface area contributed by atoms with E-state index in [2.05, 4.69) is 5.32 Å². The van der Waals surface area contributed by atoms with Crippen molar-refractivity contribution in [1.29, 1.82) is 0 Å². The van der Waals surface area contributed by atoms with Gasteiger partial charge in [-0.25, -0.2) is 0 Å². The maximum absolute atomic E-state index is 12.3. The molecule has 0 aliphatic carbocycles. The molecular weight excluding hydrogens is 327 g/mol. The minimum atomic E-state index is -0.257. The number of fused-ring (bicyclic) bond motifs is 1. The van der Waals surface area contributed by atoms with Gasteiger partial charge in [0.25, 0.3) is 5.91 Å². The van der Waals surface area contributed by atoms with Crippen LogP contribution in [-0.4, -0.2) is 5.91 Å². The van der Waals surface area contributed by atoms with E-state index in [1.807, 2.05) is 12.1 Å². The molecule has 0 bridgehead atoms. The van der Waals surface area contributed by atoms with E-state index in [1.165, 1.54) is 11.3 Å². The molecule has 3 nitrogen and oxygen atoms in total. The van der Waals surface area contributed by atoms with Crippen molar-refractivity contribution in [2.75, 3.05) is 11.1 Å². The lowest BCUT2D eigenvalue weighted by Gasteiger charge is -2.04. The van der Waals surface area contributed by atoms with Gasteiger partial charge >= 0.3 is 0 Å². The smallest absolute Gasteiger partial charge is 0.267 e. The number of benzene rings is 2. The molecule has 0 spiro atoms. The fourth-order valence-corrected chi connectivity index (χ4v) is 3.52. The van der Waals surface area contributed by atoms with E-state index in [4.69, 9.17) is 28.9 Å². The fraction of sp³-hybridized carbons (Fsp3) is 0. The molecule has 2 aromatic carbocycles. The molecule has 0 aliphatic rings. The first-order valence-corrected chi connectivity index (χ1v) is 7.67. The molecule has 3 rings (SSSR count). The maximum Gasteiger partial charge on any atom is 0.267 e. The SMILES string of the molecule is Nc1c(C(=O)Nc2ccc(Cl)cc2)sc2cccc(Cl)c12. The highest BCUT2D eigenvalue weighted by atomic mass is 35.5. The molecule has 0 radical (unpaired) electrons. The molecule has 0 atom stereocenters. The van der Waals surface area contributed by atoms with Crippen molar-refractivity contribution in [3.8, 4) is 0 Å². The van der Waals surface area contributed by atoms with E-state index >= 15 is 0 Å². The van der Waals surface area contributed by atoms with Crippen molar-refractivity contribution in [1.82, 2.24) is 0 Å². The van der Waals surface area contributed by atoms with E-state index < -0.39 is 0 Å². The third-order valence-corrected chi connectivity index (χ3v) is 4.75. The van der Waals surface area contributed by atoms with E-state index in [9.17, 15) is 4.79 Å². The standard InChI is InChI=1S/C15H10Cl2N2OS/c16-8-4-6-9(7-5-8)19-15(20)14-13(18)12-10(17)2-1-3-11(12)21-14/h1-7H,18H2,(H,19,20). The second-order valence-electron chi connectivity index (χ2n) is 4.42. The summed E-state index contributed by atoms with van der Waals surface area (Å²) in [7, 11) is 0. The average molecular weight is 337 g/mol. The van der Waals surface area contributed by atoms with Crippen molar-refractivity contribution in [3.63, 3.8) is 0 Å². The molecular formula is C15H10Cl2N2OS. The van der Waals surface area contributed by atoms with Gasteiger partial charge < -0.3 is 11.1 Å². The van der Waals surface area contributed by atoms with E-state index in [0.29, 0.717) is 26.3 Å². The first-order chi connectivity index (χ1) is 10.1. The van der Waals surface area contributed by atoms with E-state index in [-0.39, 0.29) is 5.91 Å². The van der Waals surface area contributed by atoms with Gasteiger partial charge in [0.05, 0.1) is 10.7 Å². The predicted octanol–water partition coefficient (Wildman–Crippen LogP) is 5.04. The zero-order valence-electron chi connectivity index (χ0n) is 10.7. The van der Waals surface area contributed by atoms with Gasteiger partial charge in [0, 0.05) is 20.8 Å². The van der Waals surface area contributed by atoms with Crippen LogP contribution in [0.1, 0.15) is 9.67 Å². The Hall–Kier alpha value is -1.75. The van der Waals surface area contributed by atoms with Gasteiger partial charge in [-0.2, -0.15) is 0 Å². The van der Waals surface area contributed by atoms with Gasteiger partial charge in [-0.05, 0) is 36.4 Å². The number of rotatable bonds is 2. The fourth-order valence-electron chi connectivity index (χ4n) is 2.02. The van der Waals surface area contributed by atoms with Gasteiger partial charge in [-0.15, -0.1) is 11.3 Å². The number of amides is 1. The Kier molecular flexibility index (Phi) is 3.76. The quantitative estimate of drug-likeness (QED) is 0.688. The number of carbonyl (C=O) groups excluding carboxylic acids is 1. The van der Waals surface area contributed by atoms with Crippen molar-refractivity contribution >= 4 is 61.9 Å². The molecule has 1 amide bonds. The Morgan fingerprint density at radius 3 is 2.48 bits per heavy atom. The van der Waals surface area contributed by atoms with E-state index in [1.54, 1.807) is 30.3 Å². The number of nitrogens with two attached hydrogens (primary N) is 1. The van der Waals surface area contributed by atoms with Crippen LogP contribution in [0.25, 0.3) is 10.1 Å². The van der Waals surface area contributed by atoms with Crippen molar-refractivity contribution in [3.05, 3.63) is 57.4 Å². The zero-order chi connectivity index (χ0) is 15.0. The third-order valence-electron chi connectivity index (χ3n) is 3.01. The normalized spacial score (nSPS) is 10.8. The minimum Gasteiger partial charge on any atom is -0.397 e. The highest BCUT2D eigenvalue weighted by Crippen LogP contribution is 2.38. The van der Waals surface area contributed by atoms with Crippen LogP contribution in [0.15, 0.2) is 42.5 Å². The molecule has 1 heterocycles. The molecule has 0 saturated carbocycles. The summed E-state index contributed by atoms with van der Waals surface area (Å²) in [4.78, 5) is 12.8. The Morgan fingerprint density at radius 1 is 1.10 bits per heavy atom. The summed E-state index contributed by atoms with van der Waals surface area (Å²) in [6.45, 7) is 0. The number of anilines is 2. The minimum absolute atomic E-state index is 0.257. The van der Waals surface area contributed by atoms with Crippen LogP contribution in [0.2, 0.25) is 10.0 Å². The molecule has 1 aromatic heterocycles. The first kappa shape index (κ1) is 14.2. The number of halogens is 2. The van der Waals surface area contributed by atoms with Crippen molar-refractivity contribution in [2.45, 2.75) is 0 Å². The second-order valence-corrected chi connectivity index (χ2v) is 6.31. The monoisotopic (exact) mass is 336 g/mol. The highest BCUT2D eigenvalue weighted by molar-refractivity contribution is 7.21. The topological polar surface area (TPSA) is 55.1 Å². The van der Waals surface area contributed by atoms with E-state index in [0.717, 1.165) is 10.1 Å². The van der Waals surface area contributed by atoms with Gasteiger partial charge in [0.15, 0.2) is 0 Å². The summed E-state index contributed by atoms with van der Waals surface area (Å²) in [5, 5.41) is 4.68. The van der Waals surface area contributed by atoms with Crippen LogP contribution in [0.4, 0.5) is 11.4 Å². The van der Waals surface area contributed by atoms with Gasteiger partial charge in [-0.3, -0.25) is 4.79 Å². The summed E-state index contributed by atoms with van der Waals surface area (Å²) >= 11 is 13.3. The van der Waals surface area contributed by atoms with Gasteiger partial charge in [-0.1, -0.05) is 29.3 Å². The molecule has 3 aromatic rings. The van der Waals surface area contributed by atoms with Crippen LogP contribution in [0.5, 0.6) is 0 Å². The maximum atomic E-state index is 12.3. The van der Waals surface area contributed by atoms with Crippen LogP contribution in [0, 0.1) is 0 Å². The Morgan fingerprint density at radius 2 is 1.81 bits per heavy atom. The van der Waals surface area contributed by atoms with Crippen molar-refractivity contribution < 1.29 is 4.79 Å². The largest absolute Gasteiger partial charge is 0.397 e. The Balaban J connectivity index is 1.96. The predicted molar refractivity (Wildman–Crippen MR) is 90.7 cm³/mol. The summed E-state index contributed by atoms with van der Waals surface area (Å²) < 4.78 is 0.890. The lowest BCUT2D eigenvalue weighted by atomic mass is 10.2. The Bertz CT molecular complexity index is 828. The number of nitrogens with one attached hydrogen (secondary N) is 1. The number of hydrogen-bond acceptors (Lipinski definition) is 3. The zero-order valence-corrected chi connectivity index (χ0v) is 13.0. The molecule has 0 fully saturated rings. The van der Waals surface area contributed by atoms with Crippen LogP contribution < -0.4 is 11.1 Å². The average Bonchev–Trinajstić information content (AvgIpc) is 2.80. The summed E-state index contributed by atoms with van der Waals surface area (Å²) in [6, 6.07) is 12.4. The highest BCUT2D eigenvalue weighted by Gasteiger charge is 2.18. The Labute approximate surface area is 135 Å². The van der Waals surface area contributed by atoms with Crippen LogP contribution >= 0.6 is 34.5 Å². The summed E-state index contributed by atoms with van der Waals surface area (Å²) in [5.41, 5.74) is 7.13. The second kappa shape index (κ2) is 5.56. The molecule has 0 aliphatic heterocycles. The molecule has 0 unspecified atom stereocenters. The molecule has 106 valence electrons. The number of hydrogen-bond donors (Lipinski definition) is 2. The van der Waals surface area contributed by atoms with Crippen LogP contribution in [0.3, 0.4) is 0 Å². The molecule has 0 saturated heterocycles. The molecule has 6 heteroatoms. The summed E-state index contributed by atoms with van der Waals surface area (Å²) in [5.74, 6) is -0.257. The van der Waals surface area contributed by atoms with Gasteiger partial charge in [0.1, 0.15) is 4.88 Å². The van der Waals surface area contributed by atoms with Crippen LogP contribution in [-0.2, 0) is 0 Å². The lowest BCUT2D eigenvalue weighted by Crippen LogP contribution is -2.11. The van der Waals surface area contributed by atoms with Gasteiger partial charge in [0.2, 0.25) is 0 Å². The third kappa shape index (κ3) is 2.70. The lowest BCUT2D eigenvalue weighted by molar-refractivity contribution is 0.103. The molecule has 21 heavy (non-hydrogen) atoms.